The zero-order valence-corrected chi connectivity index (χ0v) is 8.34. The molecule has 0 saturated heterocycles. The van der Waals surface area contributed by atoms with Gasteiger partial charge in [0.25, 0.3) is 0 Å². The molecule has 1 aromatic carbocycles. The van der Waals surface area contributed by atoms with Gasteiger partial charge in [-0.05, 0) is 43.0 Å². The van der Waals surface area contributed by atoms with Gasteiger partial charge in [0.15, 0.2) is 0 Å². The zero-order valence-electron chi connectivity index (χ0n) is 8.34. The first kappa shape index (κ1) is 10.7. The van der Waals surface area contributed by atoms with Crippen molar-refractivity contribution in [2.45, 2.75) is 13.8 Å². The number of aromatic amines is 1. The number of H-pyrrole nitrogens is 1. The van der Waals surface area contributed by atoms with E-state index in [2.05, 4.69) is 4.98 Å². The quantitative estimate of drug-likeness (QED) is 0.666. The Bertz CT molecular complexity index is 373. The van der Waals surface area contributed by atoms with E-state index in [4.69, 9.17) is 5.11 Å². The fourth-order valence-corrected chi connectivity index (χ4v) is 1.19. The van der Waals surface area contributed by atoms with Crippen molar-refractivity contribution in [2.75, 3.05) is 6.61 Å². The molecule has 0 aliphatic rings. The van der Waals surface area contributed by atoms with Crippen molar-refractivity contribution < 1.29 is 9.50 Å². The van der Waals surface area contributed by atoms with E-state index in [0.29, 0.717) is 5.56 Å². The second kappa shape index (κ2) is 4.77. The van der Waals surface area contributed by atoms with Gasteiger partial charge in [0.2, 0.25) is 0 Å². The Balaban J connectivity index is 0.000000293. The van der Waals surface area contributed by atoms with Crippen molar-refractivity contribution in [3.8, 4) is 0 Å². The predicted molar refractivity (Wildman–Crippen MR) is 55.8 cm³/mol. The Morgan fingerprint density at radius 1 is 1.43 bits per heavy atom. The van der Waals surface area contributed by atoms with Crippen LogP contribution < -0.4 is 0 Å². The number of fused-ring (bicyclic) bond motifs is 1. The van der Waals surface area contributed by atoms with Crippen LogP contribution in [0.2, 0.25) is 0 Å². The Labute approximate surface area is 82.4 Å². The van der Waals surface area contributed by atoms with E-state index in [1.165, 1.54) is 6.07 Å². The van der Waals surface area contributed by atoms with Crippen LogP contribution in [0.4, 0.5) is 4.39 Å². The molecule has 0 unspecified atom stereocenters. The molecule has 3 heteroatoms. The van der Waals surface area contributed by atoms with Gasteiger partial charge in [0.1, 0.15) is 5.82 Å². The van der Waals surface area contributed by atoms with Crippen molar-refractivity contribution in [3.05, 3.63) is 35.8 Å². The lowest BCUT2D eigenvalue weighted by Gasteiger charge is -1.94. The second-order valence-corrected chi connectivity index (χ2v) is 2.98. The highest BCUT2D eigenvalue weighted by molar-refractivity contribution is 5.79. The van der Waals surface area contributed by atoms with E-state index in [-0.39, 0.29) is 12.4 Å². The van der Waals surface area contributed by atoms with Crippen LogP contribution in [0, 0.1) is 12.7 Å². The molecule has 2 N–H and O–H groups in total. The van der Waals surface area contributed by atoms with Crippen LogP contribution in [0.3, 0.4) is 0 Å². The van der Waals surface area contributed by atoms with Gasteiger partial charge in [-0.15, -0.1) is 0 Å². The summed E-state index contributed by atoms with van der Waals surface area (Å²) in [5.74, 6) is -0.153. The van der Waals surface area contributed by atoms with Crippen molar-refractivity contribution >= 4 is 10.9 Å². The van der Waals surface area contributed by atoms with E-state index in [1.54, 1.807) is 13.8 Å². The van der Waals surface area contributed by atoms with Crippen LogP contribution in [0.15, 0.2) is 24.4 Å². The molecule has 0 fully saturated rings. The SMILES string of the molecule is CCO.Cc1cc2cc[nH]c2cc1F. The molecule has 0 aliphatic heterocycles. The molecule has 2 nitrogen and oxygen atoms in total. The molecule has 0 amide bonds. The van der Waals surface area contributed by atoms with Gasteiger partial charge in [-0.1, -0.05) is 0 Å². The maximum atomic E-state index is 12.9. The van der Waals surface area contributed by atoms with E-state index in [0.717, 1.165) is 10.9 Å². The fourth-order valence-electron chi connectivity index (χ4n) is 1.19. The van der Waals surface area contributed by atoms with Crippen LogP contribution in [-0.4, -0.2) is 16.7 Å². The number of nitrogens with one attached hydrogen (secondary N) is 1. The van der Waals surface area contributed by atoms with Crippen molar-refractivity contribution in [1.29, 1.82) is 0 Å². The third kappa shape index (κ3) is 2.33. The highest BCUT2D eigenvalue weighted by Gasteiger charge is 1.99. The normalized spacial score (nSPS) is 9.71. The van der Waals surface area contributed by atoms with Crippen LogP contribution >= 0.6 is 0 Å². The molecule has 0 radical (unpaired) electrons. The number of aromatic nitrogens is 1. The molecular weight excluding hydrogens is 181 g/mol. The molecule has 0 bridgehead atoms. The monoisotopic (exact) mass is 195 g/mol. The summed E-state index contributed by atoms with van der Waals surface area (Å²) >= 11 is 0. The smallest absolute Gasteiger partial charge is 0.128 e. The van der Waals surface area contributed by atoms with Crippen LogP contribution in [0.1, 0.15) is 12.5 Å². The molecular formula is C11H14FNO. The molecule has 0 saturated carbocycles. The number of aliphatic hydroxyl groups is 1. The second-order valence-electron chi connectivity index (χ2n) is 2.98. The summed E-state index contributed by atoms with van der Waals surface area (Å²) in [6.45, 7) is 3.70. The number of benzene rings is 1. The maximum absolute atomic E-state index is 12.9. The number of hydrogen-bond acceptors (Lipinski definition) is 1. The highest BCUT2D eigenvalue weighted by atomic mass is 19.1. The number of hydrogen-bond donors (Lipinski definition) is 2. The number of rotatable bonds is 0. The molecule has 0 aliphatic carbocycles. The lowest BCUT2D eigenvalue weighted by molar-refractivity contribution is 0.318. The molecule has 2 rings (SSSR count). The lowest BCUT2D eigenvalue weighted by Crippen LogP contribution is -1.80. The van der Waals surface area contributed by atoms with Gasteiger partial charge < -0.3 is 10.1 Å². The highest BCUT2D eigenvalue weighted by Crippen LogP contribution is 2.16. The average molecular weight is 195 g/mol. The molecule has 0 atom stereocenters. The minimum atomic E-state index is -0.153. The van der Waals surface area contributed by atoms with Gasteiger partial charge in [-0.3, -0.25) is 0 Å². The van der Waals surface area contributed by atoms with Gasteiger partial charge in [0, 0.05) is 18.3 Å². The standard InChI is InChI=1S/C9H8FN.C2H6O/c1-6-4-7-2-3-11-9(7)5-8(6)10;1-2-3/h2-5,11H,1H3;3H,2H2,1H3. The summed E-state index contributed by atoms with van der Waals surface area (Å²) in [6.07, 6.45) is 1.81. The van der Waals surface area contributed by atoms with Gasteiger partial charge >= 0.3 is 0 Å². The molecule has 2 aromatic rings. The number of aliphatic hydroxyl groups excluding tert-OH is 1. The van der Waals surface area contributed by atoms with Crippen LogP contribution in [0.5, 0.6) is 0 Å². The van der Waals surface area contributed by atoms with E-state index < -0.39 is 0 Å². The topological polar surface area (TPSA) is 36.0 Å². The average Bonchev–Trinajstić information content (AvgIpc) is 2.54. The van der Waals surface area contributed by atoms with E-state index in [1.807, 2.05) is 18.3 Å². The Hall–Kier alpha value is -1.35. The molecule has 76 valence electrons. The minimum Gasteiger partial charge on any atom is -0.397 e. The van der Waals surface area contributed by atoms with E-state index >= 15 is 0 Å². The third-order valence-corrected chi connectivity index (χ3v) is 1.83. The summed E-state index contributed by atoms with van der Waals surface area (Å²) in [5, 5.41) is 8.63. The molecule has 1 aromatic heterocycles. The van der Waals surface area contributed by atoms with Crippen molar-refractivity contribution in [1.82, 2.24) is 4.98 Å². The van der Waals surface area contributed by atoms with Crippen LogP contribution in [0.25, 0.3) is 10.9 Å². The molecule has 14 heavy (non-hydrogen) atoms. The van der Waals surface area contributed by atoms with Gasteiger partial charge in [-0.2, -0.15) is 0 Å². The fraction of sp³-hybridized carbons (Fsp3) is 0.273. The molecule has 1 heterocycles. The molecule has 0 spiro atoms. The number of halogens is 1. The summed E-state index contributed by atoms with van der Waals surface area (Å²) in [5.41, 5.74) is 1.55. The summed E-state index contributed by atoms with van der Waals surface area (Å²) in [4.78, 5) is 2.95. The summed E-state index contributed by atoms with van der Waals surface area (Å²) in [7, 11) is 0. The lowest BCUT2D eigenvalue weighted by atomic mass is 10.2. The van der Waals surface area contributed by atoms with E-state index in [9.17, 15) is 4.39 Å². The first-order valence-corrected chi connectivity index (χ1v) is 4.53. The predicted octanol–water partition coefficient (Wildman–Crippen LogP) is 2.61. The summed E-state index contributed by atoms with van der Waals surface area (Å²) in [6, 6.07) is 5.29. The first-order valence-electron chi connectivity index (χ1n) is 4.53. The van der Waals surface area contributed by atoms with Crippen LogP contribution in [-0.2, 0) is 0 Å². The first-order chi connectivity index (χ1) is 6.69. The third-order valence-electron chi connectivity index (χ3n) is 1.83. The Morgan fingerprint density at radius 3 is 2.71 bits per heavy atom. The zero-order chi connectivity index (χ0) is 10.6. The number of aryl methyl sites for hydroxylation is 1. The van der Waals surface area contributed by atoms with Gasteiger partial charge in [0.05, 0.1) is 0 Å². The maximum Gasteiger partial charge on any atom is 0.128 e. The van der Waals surface area contributed by atoms with Gasteiger partial charge in [-0.25, -0.2) is 4.39 Å². The summed E-state index contributed by atoms with van der Waals surface area (Å²) < 4.78 is 12.9. The van der Waals surface area contributed by atoms with Crippen molar-refractivity contribution in [3.63, 3.8) is 0 Å². The Kier molecular flexibility index (Phi) is 3.65. The minimum absolute atomic E-state index is 0.153. The van der Waals surface area contributed by atoms with Crippen molar-refractivity contribution in [2.24, 2.45) is 0 Å². The Morgan fingerprint density at radius 2 is 2.07 bits per heavy atom. The largest absolute Gasteiger partial charge is 0.397 e.